The monoisotopic (exact) mass is 349 g/mol. The molecule has 2 fully saturated rings. The van der Waals surface area contributed by atoms with Gasteiger partial charge in [-0.1, -0.05) is 19.3 Å². The second-order valence-corrected chi connectivity index (χ2v) is 6.98. The first-order chi connectivity index (χ1) is 11.3. The van der Waals surface area contributed by atoms with Crippen molar-refractivity contribution in [1.82, 2.24) is 10.2 Å². The maximum Gasteiger partial charge on any atom is 0.391 e. The van der Waals surface area contributed by atoms with E-state index < -0.39 is 24.0 Å². The number of amides is 2. The number of hydrogen-bond donors (Lipinski definition) is 2. The average Bonchev–Trinajstić information content (AvgIpc) is 2.99. The molecule has 3 N–H and O–H groups in total. The Morgan fingerprint density at radius 2 is 1.71 bits per heavy atom. The van der Waals surface area contributed by atoms with Crippen molar-refractivity contribution in [1.29, 1.82) is 0 Å². The minimum Gasteiger partial charge on any atom is -0.369 e. The van der Waals surface area contributed by atoms with Gasteiger partial charge in [0.1, 0.15) is 0 Å². The highest BCUT2D eigenvalue weighted by Gasteiger charge is 2.42. The van der Waals surface area contributed by atoms with Gasteiger partial charge in [-0.05, 0) is 32.1 Å². The number of primary amides is 1. The lowest BCUT2D eigenvalue weighted by Gasteiger charge is -2.32. The van der Waals surface area contributed by atoms with Crippen LogP contribution in [0.25, 0.3) is 0 Å². The molecule has 2 atom stereocenters. The molecule has 0 unspecified atom stereocenters. The molecule has 138 valence electrons. The highest BCUT2D eigenvalue weighted by atomic mass is 19.4. The van der Waals surface area contributed by atoms with Crippen LogP contribution in [-0.2, 0) is 9.59 Å². The van der Waals surface area contributed by atoms with Crippen LogP contribution in [0, 0.1) is 5.92 Å². The Morgan fingerprint density at radius 3 is 2.29 bits per heavy atom. The molecule has 2 aliphatic rings. The van der Waals surface area contributed by atoms with E-state index in [-0.39, 0.29) is 37.9 Å². The summed E-state index contributed by atoms with van der Waals surface area (Å²) in [6, 6.07) is -0.297. The lowest BCUT2D eigenvalue weighted by molar-refractivity contribution is -0.184. The number of nitrogens with two attached hydrogens (primary N) is 1. The average molecular weight is 349 g/mol. The molecule has 2 aliphatic carbocycles. The number of carbonyl (C=O) groups excluding carboxylic acids is 2. The summed E-state index contributed by atoms with van der Waals surface area (Å²) in [4.78, 5) is 25.2. The van der Waals surface area contributed by atoms with Crippen LogP contribution in [-0.4, -0.2) is 48.1 Å². The summed E-state index contributed by atoms with van der Waals surface area (Å²) >= 11 is 0. The fraction of sp³-hybridized carbons (Fsp3) is 0.875. The molecular weight excluding hydrogens is 323 g/mol. The Bertz CT molecular complexity index is 450. The molecule has 0 saturated heterocycles. The number of nitrogens with zero attached hydrogens (tertiary/aromatic N) is 1. The van der Waals surface area contributed by atoms with Crippen molar-refractivity contribution < 1.29 is 22.8 Å². The topological polar surface area (TPSA) is 75.4 Å². The quantitative estimate of drug-likeness (QED) is 0.770. The first kappa shape index (κ1) is 19.0. The van der Waals surface area contributed by atoms with Crippen molar-refractivity contribution >= 4 is 11.8 Å². The summed E-state index contributed by atoms with van der Waals surface area (Å²) in [6.45, 7) is 0.0225. The van der Waals surface area contributed by atoms with Gasteiger partial charge in [-0.15, -0.1) is 0 Å². The number of nitrogens with one attached hydrogen (secondary N) is 1. The van der Waals surface area contributed by atoms with E-state index in [1.165, 1.54) is 0 Å². The Balaban J connectivity index is 1.86. The Morgan fingerprint density at radius 1 is 1.04 bits per heavy atom. The predicted molar refractivity (Wildman–Crippen MR) is 83.0 cm³/mol. The van der Waals surface area contributed by atoms with E-state index in [1.54, 1.807) is 4.90 Å². The second-order valence-electron chi connectivity index (χ2n) is 6.98. The van der Waals surface area contributed by atoms with Gasteiger partial charge < -0.3 is 11.1 Å². The van der Waals surface area contributed by atoms with Crippen molar-refractivity contribution in [2.75, 3.05) is 13.1 Å². The Kier molecular flexibility index (Phi) is 6.48. The Hall–Kier alpha value is -1.31. The van der Waals surface area contributed by atoms with Gasteiger partial charge in [-0.3, -0.25) is 14.5 Å². The molecule has 0 radical (unpaired) electrons. The first-order valence-electron chi connectivity index (χ1n) is 8.64. The van der Waals surface area contributed by atoms with E-state index in [2.05, 4.69) is 5.32 Å². The van der Waals surface area contributed by atoms with E-state index in [1.807, 2.05) is 0 Å². The largest absolute Gasteiger partial charge is 0.391 e. The number of carbonyl (C=O) groups is 2. The zero-order chi connectivity index (χ0) is 17.7. The molecular formula is C16H26F3N3O2. The maximum atomic E-state index is 12.8. The summed E-state index contributed by atoms with van der Waals surface area (Å²) in [5.41, 5.74) is 5.25. The molecule has 0 aliphatic heterocycles. The molecule has 0 heterocycles. The SMILES string of the molecule is NC(=O)CN(CC(=O)N[C@@H]1CCC[C@H](C(F)(F)F)C1)C1CCCC1. The number of alkyl halides is 3. The Labute approximate surface area is 140 Å². The van der Waals surface area contributed by atoms with Gasteiger partial charge >= 0.3 is 6.18 Å². The minimum absolute atomic E-state index is 0.00787. The zero-order valence-corrected chi connectivity index (χ0v) is 13.8. The molecule has 0 aromatic heterocycles. The second kappa shape index (κ2) is 8.18. The summed E-state index contributed by atoms with van der Waals surface area (Å²) in [5.74, 6) is -2.16. The van der Waals surface area contributed by atoms with Crippen LogP contribution in [0.15, 0.2) is 0 Å². The summed E-state index contributed by atoms with van der Waals surface area (Å²) in [5, 5.41) is 2.72. The molecule has 8 heteroatoms. The highest BCUT2D eigenvalue weighted by molar-refractivity contribution is 5.80. The molecule has 2 rings (SSSR count). The van der Waals surface area contributed by atoms with Crippen molar-refractivity contribution in [3.8, 4) is 0 Å². The van der Waals surface area contributed by atoms with E-state index in [4.69, 9.17) is 5.73 Å². The van der Waals surface area contributed by atoms with Gasteiger partial charge in [0.25, 0.3) is 0 Å². The zero-order valence-electron chi connectivity index (χ0n) is 13.8. The fourth-order valence-corrected chi connectivity index (χ4v) is 3.86. The van der Waals surface area contributed by atoms with Crippen LogP contribution in [0.2, 0.25) is 0 Å². The van der Waals surface area contributed by atoms with Crippen molar-refractivity contribution in [3.05, 3.63) is 0 Å². The van der Waals surface area contributed by atoms with Crippen LogP contribution >= 0.6 is 0 Å². The minimum atomic E-state index is -4.20. The van der Waals surface area contributed by atoms with Crippen LogP contribution in [0.3, 0.4) is 0 Å². The molecule has 0 bridgehead atoms. The lowest BCUT2D eigenvalue weighted by atomic mass is 9.85. The van der Waals surface area contributed by atoms with Crippen molar-refractivity contribution in [3.63, 3.8) is 0 Å². The van der Waals surface area contributed by atoms with E-state index in [0.717, 1.165) is 25.7 Å². The normalized spacial score (nSPS) is 25.8. The smallest absolute Gasteiger partial charge is 0.369 e. The van der Waals surface area contributed by atoms with Gasteiger partial charge in [0, 0.05) is 12.1 Å². The summed E-state index contributed by atoms with van der Waals surface area (Å²) in [7, 11) is 0. The fourth-order valence-electron chi connectivity index (χ4n) is 3.86. The van der Waals surface area contributed by atoms with Crippen molar-refractivity contribution in [2.24, 2.45) is 11.7 Å². The standard InChI is InChI=1S/C16H26F3N3O2/c17-16(18,19)11-4-3-5-12(8-11)21-15(24)10-22(9-14(20)23)13-6-1-2-7-13/h11-13H,1-10H2,(H2,20,23)(H,21,24)/t11-,12+/m0/s1. The molecule has 2 saturated carbocycles. The first-order valence-corrected chi connectivity index (χ1v) is 8.64. The van der Waals surface area contributed by atoms with Gasteiger partial charge in [0.15, 0.2) is 0 Å². The summed E-state index contributed by atoms with van der Waals surface area (Å²) < 4.78 is 38.5. The van der Waals surface area contributed by atoms with Gasteiger partial charge in [-0.2, -0.15) is 13.2 Å². The molecule has 0 aromatic carbocycles. The van der Waals surface area contributed by atoms with E-state index in [0.29, 0.717) is 12.8 Å². The number of rotatable bonds is 6. The third-order valence-corrected chi connectivity index (χ3v) is 5.05. The third-order valence-electron chi connectivity index (χ3n) is 5.05. The lowest BCUT2D eigenvalue weighted by Crippen LogP contribution is -2.49. The molecule has 5 nitrogen and oxygen atoms in total. The molecule has 0 spiro atoms. The van der Waals surface area contributed by atoms with E-state index >= 15 is 0 Å². The summed E-state index contributed by atoms with van der Waals surface area (Å²) in [6.07, 6.45) is 0.834. The van der Waals surface area contributed by atoms with Crippen molar-refractivity contribution in [2.45, 2.75) is 69.6 Å². The molecule has 24 heavy (non-hydrogen) atoms. The number of hydrogen-bond acceptors (Lipinski definition) is 3. The van der Waals surface area contributed by atoms with Gasteiger partial charge in [-0.25, -0.2) is 0 Å². The number of halogens is 3. The van der Waals surface area contributed by atoms with Crippen LogP contribution in [0.5, 0.6) is 0 Å². The van der Waals surface area contributed by atoms with E-state index in [9.17, 15) is 22.8 Å². The predicted octanol–water partition coefficient (Wildman–Crippen LogP) is 1.95. The molecule has 2 amide bonds. The van der Waals surface area contributed by atoms with Crippen LogP contribution in [0.1, 0.15) is 51.4 Å². The van der Waals surface area contributed by atoms with Gasteiger partial charge in [0.2, 0.25) is 11.8 Å². The highest BCUT2D eigenvalue weighted by Crippen LogP contribution is 2.37. The van der Waals surface area contributed by atoms with Gasteiger partial charge in [0.05, 0.1) is 19.0 Å². The molecule has 0 aromatic rings. The maximum absolute atomic E-state index is 12.8. The van der Waals surface area contributed by atoms with Crippen LogP contribution in [0.4, 0.5) is 13.2 Å². The van der Waals surface area contributed by atoms with Crippen LogP contribution < -0.4 is 11.1 Å². The third kappa shape index (κ3) is 5.65.